The second-order valence-corrected chi connectivity index (χ2v) is 7.81. The Morgan fingerprint density at radius 1 is 1.10 bits per heavy atom. The first-order valence-corrected chi connectivity index (χ1v) is 10.5. The third-order valence-electron chi connectivity index (χ3n) is 4.90. The number of carbonyl (C=O) groups excluding carboxylic acids is 1. The molecule has 7 nitrogen and oxygen atoms in total. The number of ether oxygens (including phenoxy) is 1. The summed E-state index contributed by atoms with van der Waals surface area (Å²) in [5, 5.41) is 8.05. The second-order valence-electron chi connectivity index (χ2n) is 7.03. The Morgan fingerprint density at radius 3 is 2.63 bits per heavy atom. The molecule has 1 fully saturated rings. The minimum Gasteiger partial charge on any atom is -0.487 e. The highest BCUT2D eigenvalue weighted by Gasteiger charge is 2.32. The van der Waals surface area contributed by atoms with E-state index in [2.05, 4.69) is 15.1 Å². The van der Waals surface area contributed by atoms with Crippen molar-refractivity contribution in [3.05, 3.63) is 71.2 Å². The molecule has 1 aromatic carbocycles. The molecule has 0 saturated carbocycles. The summed E-state index contributed by atoms with van der Waals surface area (Å²) in [6.45, 7) is 1.23. The molecule has 0 aliphatic carbocycles. The SMILES string of the molecule is O=C(Cc1ccsc1)N1CC(Oc2ccc(-c3noc(-c4ccncc4)n3)cc2)C1. The van der Waals surface area contributed by atoms with Gasteiger partial charge in [-0.05, 0) is 58.8 Å². The van der Waals surface area contributed by atoms with E-state index in [0.29, 0.717) is 31.2 Å². The van der Waals surface area contributed by atoms with E-state index < -0.39 is 0 Å². The van der Waals surface area contributed by atoms with Gasteiger partial charge in [0.1, 0.15) is 11.9 Å². The average molecular weight is 418 g/mol. The van der Waals surface area contributed by atoms with Gasteiger partial charge in [-0.25, -0.2) is 0 Å². The van der Waals surface area contributed by atoms with Crippen molar-refractivity contribution in [2.45, 2.75) is 12.5 Å². The maximum Gasteiger partial charge on any atom is 0.258 e. The highest BCUT2D eigenvalue weighted by molar-refractivity contribution is 7.08. The van der Waals surface area contributed by atoms with Crippen LogP contribution in [0.2, 0.25) is 0 Å². The molecule has 4 heterocycles. The van der Waals surface area contributed by atoms with E-state index in [9.17, 15) is 4.79 Å². The summed E-state index contributed by atoms with van der Waals surface area (Å²) in [6, 6.07) is 13.2. The van der Waals surface area contributed by atoms with E-state index in [0.717, 1.165) is 22.4 Å². The van der Waals surface area contributed by atoms with Gasteiger partial charge in [-0.3, -0.25) is 9.78 Å². The second kappa shape index (κ2) is 8.08. The lowest BCUT2D eigenvalue weighted by Crippen LogP contribution is -2.56. The zero-order valence-electron chi connectivity index (χ0n) is 16.0. The van der Waals surface area contributed by atoms with Crippen molar-refractivity contribution in [1.82, 2.24) is 20.0 Å². The van der Waals surface area contributed by atoms with Gasteiger partial charge in [-0.1, -0.05) is 5.16 Å². The van der Waals surface area contributed by atoms with Crippen LogP contribution in [0.1, 0.15) is 5.56 Å². The van der Waals surface area contributed by atoms with Crippen molar-refractivity contribution in [2.75, 3.05) is 13.1 Å². The summed E-state index contributed by atoms with van der Waals surface area (Å²) in [5.41, 5.74) is 2.73. The number of pyridine rings is 1. The van der Waals surface area contributed by atoms with Crippen molar-refractivity contribution >= 4 is 17.2 Å². The lowest BCUT2D eigenvalue weighted by atomic mass is 10.1. The first-order valence-electron chi connectivity index (χ1n) is 9.55. The largest absolute Gasteiger partial charge is 0.487 e. The number of benzene rings is 1. The normalized spacial score (nSPS) is 13.8. The Labute approximate surface area is 177 Å². The molecule has 30 heavy (non-hydrogen) atoms. The van der Waals surface area contributed by atoms with E-state index in [1.54, 1.807) is 23.7 Å². The molecule has 1 amide bonds. The fourth-order valence-corrected chi connectivity index (χ4v) is 3.89. The summed E-state index contributed by atoms with van der Waals surface area (Å²) in [5.74, 6) is 1.87. The molecule has 150 valence electrons. The van der Waals surface area contributed by atoms with E-state index >= 15 is 0 Å². The highest BCUT2D eigenvalue weighted by atomic mass is 32.1. The van der Waals surface area contributed by atoms with Crippen LogP contribution in [0.25, 0.3) is 22.8 Å². The van der Waals surface area contributed by atoms with E-state index in [-0.39, 0.29) is 12.0 Å². The minimum atomic E-state index is 0.0192. The molecule has 3 aromatic heterocycles. The lowest BCUT2D eigenvalue weighted by Gasteiger charge is -2.39. The van der Waals surface area contributed by atoms with E-state index in [1.165, 1.54) is 0 Å². The number of hydrogen-bond acceptors (Lipinski definition) is 7. The summed E-state index contributed by atoms with van der Waals surface area (Å²) in [6.07, 6.45) is 3.84. The first-order chi connectivity index (χ1) is 14.7. The van der Waals surface area contributed by atoms with Gasteiger partial charge in [0.25, 0.3) is 5.89 Å². The Hall–Kier alpha value is -3.52. The van der Waals surface area contributed by atoms with Crippen LogP contribution in [-0.4, -0.2) is 45.1 Å². The van der Waals surface area contributed by atoms with Crippen LogP contribution in [0.4, 0.5) is 0 Å². The Bertz CT molecular complexity index is 1120. The Balaban J connectivity index is 1.16. The maximum atomic E-state index is 12.2. The third kappa shape index (κ3) is 3.95. The zero-order valence-corrected chi connectivity index (χ0v) is 16.8. The average Bonchev–Trinajstić information content (AvgIpc) is 3.44. The van der Waals surface area contributed by atoms with Crippen LogP contribution in [-0.2, 0) is 11.2 Å². The highest BCUT2D eigenvalue weighted by Crippen LogP contribution is 2.25. The molecule has 0 N–H and O–H groups in total. The predicted octanol–water partition coefficient (Wildman–Crippen LogP) is 3.69. The third-order valence-corrected chi connectivity index (χ3v) is 5.64. The molecule has 8 heteroatoms. The number of nitrogens with zero attached hydrogens (tertiary/aromatic N) is 4. The number of hydrogen-bond donors (Lipinski definition) is 0. The Morgan fingerprint density at radius 2 is 1.90 bits per heavy atom. The van der Waals surface area contributed by atoms with Crippen molar-refractivity contribution in [3.63, 3.8) is 0 Å². The number of rotatable bonds is 6. The minimum absolute atomic E-state index is 0.0192. The van der Waals surface area contributed by atoms with Crippen molar-refractivity contribution in [2.24, 2.45) is 0 Å². The fourth-order valence-electron chi connectivity index (χ4n) is 3.22. The number of aromatic nitrogens is 3. The fraction of sp³-hybridized carbons (Fsp3) is 0.182. The monoisotopic (exact) mass is 418 g/mol. The van der Waals surface area contributed by atoms with Crippen molar-refractivity contribution in [3.8, 4) is 28.6 Å². The molecule has 4 aromatic rings. The standard InChI is InChI=1S/C22H18N4O3S/c27-20(11-15-7-10-30-14-15)26-12-19(13-26)28-18-3-1-16(2-4-18)21-24-22(29-25-21)17-5-8-23-9-6-17/h1-10,14,19H,11-13H2. The Kier molecular flexibility index (Phi) is 4.98. The van der Waals surface area contributed by atoms with Gasteiger partial charge in [-0.15, -0.1) is 0 Å². The van der Waals surface area contributed by atoms with Crippen LogP contribution < -0.4 is 4.74 Å². The smallest absolute Gasteiger partial charge is 0.258 e. The van der Waals surface area contributed by atoms with Gasteiger partial charge >= 0.3 is 0 Å². The molecule has 1 aliphatic heterocycles. The maximum absolute atomic E-state index is 12.2. The molecule has 1 aliphatic rings. The quantitative estimate of drug-likeness (QED) is 0.475. The number of amides is 1. The number of carbonyl (C=O) groups is 1. The molecular weight excluding hydrogens is 400 g/mol. The van der Waals surface area contributed by atoms with Gasteiger partial charge in [0.05, 0.1) is 19.5 Å². The van der Waals surface area contributed by atoms with Crippen LogP contribution in [0.15, 0.2) is 70.1 Å². The van der Waals surface area contributed by atoms with Gasteiger partial charge in [0, 0.05) is 23.5 Å². The van der Waals surface area contributed by atoms with Crippen LogP contribution in [0.3, 0.4) is 0 Å². The number of thiophene rings is 1. The van der Waals surface area contributed by atoms with Gasteiger partial charge in [0.15, 0.2) is 0 Å². The topological polar surface area (TPSA) is 81.4 Å². The molecule has 0 unspecified atom stereocenters. The lowest BCUT2D eigenvalue weighted by molar-refractivity contribution is -0.139. The van der Waals surface area contributed by atoms with Crippen LogP contribution >= 0.6 is 11.3 Å². The van der Waals surface area contributed by atoms with Gasteiger partial charge in [-0.2, -0.15) is 16.3 Å². The molecule has 0 atom stereocenters. The summed E-state index contributed by atoms with van der Waals surface area (Å²) < 4.78 is 11.3. The molecule has 0 bridgehead atoms. The molecule has 5 rings (SSSR count). The summed E-state index contributed by atoms with van der Waals surface area (Å²) in [4.78, 5) is 22.5. The zero-order chi connectivity index (χ0) is 20.3. The molecule has 0 radical (unpaired) electrons. The molecule has 1 saturated heterocycles. The summed E-state index contributed by atoms with van der Waals surface area (Å²) >= 11 is 1.61. The van der Waals surface area contributed by atoms with Crippen LogP contribution in [0, 0.1) is 0 Å². The first kappa shape index (κ1) is 18.5. The van der Waals surface area contributed by atoms with Crippen molar-refractivity contribution in [1.29, 1.82) is 0 Å². The van der Waals surface area contributed by atoms with Gasteiger partial charge < -0.3 is 14.2 Å². The molecular formula is C22H18N4O3S. The van der Waals surface area contributed by atoms with E-state index in [1.807, 2.05) is 58.1 Å². The van der Waals surface area contributed by atoms with E-state index in [4.69, 9.17) is 9.26 Å². The van der Waals surface area contributed by atoms with Crippen molar-refractivity contribution < 1.29 is 14.1 Å². The van der Waals surface area contributed by atoms with Crippen LogP contribution in [0.5, 0.6) is 5.75 Å². The number of likely N-dealkylation sites (tertiary alicyclic amines) is 1. The predicted molar refractivity (Wildman–Crippen MR) is 112 cm³/mol. The van der Waals surface area contributed by atoms with Gasteiger partial charge in [0.2, 0.25) is 11.7 Å². The molecule has 0 spiro atoms. The summed E-state index contributed by atoms with van der Waals surface area (Å²) in [7, 11) is 0.